The molecule has 2 aliphatic heterocycles. The summed E-state index contributed by atoms with van der Waals surface area (Å²) in [7, 11) is 0. The summed E-state index contributed by atoms with van der Waals surface area (Å²) in [5.41, 5.74) is 0.856. The number of halogens is 1. The van der Waals surface area contributed by atoms with Crippen LogP contribution >= 0.6 is 0 Å². The molecule has 1 amide bonds. The normalized spacial score (nSPS) is 17.4. The zero-order chi connectivity index (χ0) is 32.4. The number of fused-ring (bicyclic) bond motifs is 1. The predicted molar refractivity (Wildman–Crippen MR) is 172 cm³/mol. The van der Waals surface area contributed by atoms with Gasteiger partial charge in [0.15, 0.2) is 0 Å². The van der Waals surface area contributed by atoms with Gasteiger partial charge in [-0.2, -0.15) is 0 Å². The fraction of sp³-hybridized carbons (Fsp3) is 0.382. The van der Waals surface area contributed by atoms with Gasteiger partial charge in [-0.15, -0.1) is 0 Å². The van der Waals surface area contributed by atoms with E-state index < -0.39 is 11.4 Å². The molecule has 10 nitrogen and oxygen atoms in total. The van der Waals surface area contributed by atoms with Crippen molar-refractivity contribution in [1.82, 2.24) is 29.5 Å². The first-order chi connectivity index (χ1) is 22.2. The fourth-order valence-electron chi connectivity index (χ4n) is 6.45. The van der Waals surface area contributed by atoms with Crippen LogP contribution in [0.15, 0.2) is 66.5 Å². The zero-order valence-corrected chi connectivity index (χ0v) is 27.9. The molecular formula is C34H35AsFN7O3. The van der Waals surface area contributed by atoms with Crippen molar-refractivity contribution in [2.45, 2.75) is 57.8 Å². The number of nitrogens with zero attached hydrogens (tertiary/aromatic N) is 7. The quantitative estimate of drug-likeness (QED) is 0.139. The second kappa shape index (κ2) is 13.3. The molecule has 2 saturated heterocycles. The molecule has 2 fully saturated rings. The molecular weight excluding hydrogens is 648 g/mol. The molecule has 0 saturated carbocycles. The van der Waals surface area contributed by atoms with Gasteiger partial charge in [-0.1, -0.05) is 6.92 Å². The molecule has 2 radical (unpaired) electrons. The standard InChI is InChI=1S/C34H35AsFN7O3/c1-4-42(24-19-45-20-24)34(2,3)16-22(17-37)33(44)41-14-8-9-23(41)18-43-32-29(31(35)38-21-39-32)30(40-43)27-13-12-26(15-28(27)36)46-25-10-6-5-7-11-25/h5-7,10-13,15-16,21,23-24H,4,8-9,14,18-20H2,1-3H3. The molecule has 6 rings (SSSR count). The van der Waals surface area contributed by atoms with Crippen molar-refractivity contribution in [3.8, 4) is 28.8 Å². The van der Waals surface area contributed by atoms with Gasteiger partial charge in [0, 0.05) is 0 Å². The Hall–Kier alpha value is -4.10. The van der Waals surface area contributed by atoms with Crippen molar-refractivity contribution >= 4 is 38.3 Å². The van der Waals surface area contributed by atoms with Crippen molar-refractivity contribution in [3.63, 3.8) is 0 Å². The van der Waals surface area contributed by atoms with E-state index in [1.54, 1.807) is 39.9 Å². The molecule has 46 heavy (non-hydrogen) atoms. The number of rotatable bonds is 10. The van der Waals surface area contributed by atoms with Gasteiger partial charge in [0.1, 0.15) is 0 Å². The third-order valence-corrected chi connectivity index (χ3v) is 9.41. The van der Waals surface area contributed by atoms with Crippen molar-refractivity contribution in [3.05, 3.63) is 72.3 Å². The Balaban J connectivity index is 1.27. The summed E-state index contributed by atoms with van der Waals surface area (Å²) in [5, 5.41) is 15.6. The van der Waals surface area contributed by atoms with Crippen LogP contribution in [0.1, 0.15) is 33.6 Å². The van der Waals surface area contributed by atoms with E-state index in [1.807, 2.05) is 32.0 Å². The molecule has 0 spiro atoms. The molecule has 0 N–H and O–H groups in total. The fourth-order valence-corrected chi connectivity index (χ4v) is 6.99. The first-order valence-electron chi connectivity index (χ1n) is 15.4. The second-order valence-electron chi connectivity index (χ2n) is 12.1. The van der Waals surface area contributed by atoms with Crippen LogP contribution < -0.4 is 9.22 Å². The molecule has 4 aromatic rings. The SMILES string of the molecule is CCN(C1COC1)C(C)(C)C=C(C#N)C(=O)N1CCCC1Cn1nc(-c2ccc(Oc3ccccc3)cc2F)c2c([As])ncnc21. The van der Waals surface area contributed by atoms with Crippen molar-refractivity contribution < 1.29 is 18.7 Å². The number of benzene rings is 2. The number of aromatic nitrogens is 4. The molecule has 2 aromatic heterocycles. The van der Waals surface area contributed by atoms with Crippen LogP contribution in [0, 0.1) is 17.1 Å². The molecule has 2 aliphatic rings. The molecule has 2 aromatic carbocycles. The van der Waals surface area contributed by atoms with Gasteiger partial charge in [0.25, 0.3) is 0 Å². The number of amides is 1. The van der Waals surface area contributed by atoms with Gasteiger partial charge < -0.3 is 4.74 Å². The Morgan fingerprint density at radius 2 is 2.00 bits per heavy atom. The van der Waals surface area contributed by atoms with Gasteiger partial charge in [0.05, 0.1) is 19.3 Å². The molecule has 236 valence electrons. The van der Waals surface area contributed by atoms with Crippen LogP contribution in [0.2, 0.25) is 0 Å². The molecule has 0 aliphatic carbocycles. The van der Waals surface area contributed by atoms with E-state index in [1.165, 1.54) is 12.4 Å². The molecule has 1 atom stereocenters. The van der Waals surface area contributed by atoms with Gasteiger partial charge in [-0.05, 0) is 6.54 Å². The van der Waals surface area contributed by atoms with Crippen LogP contribution in [0.25, 0.3) is 22.3 Å². The number of likely N-dealkylation sites (tertiary alicyclic amines) is 1. The number of para-hydroxylation sites is 1. The van der Waals surface area contributed by atoms with Crippen LogP contribution in [-0.2, 0) is 16.1 Å². The van der Waals surface area contributed by atoms with E-state index in [-0.39, 0.29) is 23.6 Å². The summed E-state index contributed by atoms with van der Waals surface area (Å²) in [4.78, 5) is 26.7. The Morgan fingerprint density at radius 1 is 1.22 bits per heavy atom. The Labute approximate surface area is 276 Å². The first-order valence-corrected chi connectivity index (χ1v) is 16.4. The number of ether oxygens (including phenoxy) is 2. The monoisotopic (exact) mass is 683 g/mol. The van der Waals surface area contributed by atoms with Gasteiger partial charge in [-0.25, -0.2) is 0 Å². The Kier molecular flexibility index (Phi) is 9.23. The number of hydrogen-bond donors (Lipinski definition) is 0. The topological polar surface area (TPSA) is 109 Å². The Morgan fingerprint density at radius 3 is 2.67 bits per heavy atom. The van der Waals surface area contributed by atoms with Gasteiger partial charge >= 0.3 is 240 Å². The summed E-state index contributed by atoms with van der Waals surface area (Å²) in [6.45, 7) is 9.06. The summed E-state index contributed by atoms with van der Waals surface area (Å²) in [6, 6.07) is 16.1. The summed E-state index contributed by atoms with van der Waals surface area (Å²) < 4.78 is 29.2. The van der Waals surface area contributed by atoms with E-state index in [0.29, 0.717) is 64.6 Å². The maximum atomic E-state index is 15.6. The summed E-state index contributed by atoms with van der Waals surface area (Å²) in [6.07, 6.45) is 4.78. The maximum absolute atomic E-state index is 15.6. The molecule has 4 heterocycles. The Bertz CT molecular complexity index is 1820. The number of likely N-dealkylation sites (N-methyl/N-ethyl adjacent to an activating group) is 1. The first kappa shape index (κ1) is 31.9. The van der Waals surface area contributed by atoms with E-state index in [0.717, 1.165) is 19.4 Å². The molecule has 0 bridgehead atoms. The summed E-state index contributed by atoms with van der Waals surface area (Å²) >= 11 is 2.40. The third kappa shape index (κ3) is 6.30. The van der Waals surface area contributed by atoms with E-state index in [9.17, 15) is 10.1 Å². The second-order valence-corrected chi connectivity index (χ2v) is 13.0. The van der Waals surface area contributed by atoms with Crippen LogP contribution in [0.4, 0.5) is 4.39 Å². The zero-order valence-electron chi connectivity index (χ0n) is 26.1. The van der Waals surface area contributed by atoms with Gasteiger partial charge in [-0.3, -0.25) is 0 Å². The van der Waals surface area contributed by atoms with Crippen molar-refractivity contribution in [1.29, 1.82) is 5.26 Å². The number of carbonyl (C=O) groups is 1. The van der Waals surface area contributed by atoms with Crippen molar-refractivity contribution in [2.24, 2.45) is 0 Å². The molecule has 1 unspecified atom stereocenters. The number of nitriles is 1. The number of hydrogen-bond acceptors (Lipinski definition) is 8. The number of carbonyl (C=O) groups excluding carboxylic acids is 1. The van der Waals surface area contributed by atoms with Crippen molar-refractivity contribution in [2.75, 3.05) is 26.3 Å². The van der Waals surface area contributed by atoms with Crippen LogP contribution in [0.3, 0.4) is 0 Å². The average Bonchev–Trinajstić information content (AvgIpc) is 3.63. The predicted octanol–water partition coefficient (Wildman–Crippen LogP) is 4.16. The minimum atomic E-state index is -0.509. The van der Waals surface area contributed by atoms with Crippen LogP contribution in [0.5, 0.6) is 11.5 Å². The third-order valence-electron chi connectivity index (χ3n) is 8.70. The van der Waals surface area contributed by atoms with E-state index in [4.69, 9.17) is 14.6 Å². The molecule has 12 heteroatoms. The van der Waals surface area contributed by atoms with E-state index >= 15 is 4.39 Å². The minimum absolute atomic E-state index is 0.122. The van der Waals surface area contributed by atoms with E-state index in [2.05, 4.69) is 44.7 Å². The average molecular weight is 684 g/mol. The van der Waals surface area contributed by atoms with Gasteiger partial charge in [0.2, 0.25) is 0 Å². The summed E-state index contributed by atoms with van der Waals surface area (Å²) in [5.74, 6) is 0.190. The van der Waals surface area contributed by atoms with Crippen LogP contribution in [-0.4, -0.2) is 96.2 Å².